The van der Waals surface area contributed by atoms with Gasteiger partial charge in [-0.15, -0.1) is 10.2 Å². The summed E-state index contributed by atoms with van der Waals surface area (Å²) in [4.78, 5) is 15.0. The minimum Gasteiger partial charge on any atom is -0.390 e. The first-order chi connectivity index (χ1) is 16.1. The average molecular weight is 465 g/mol. The highest BCUT2D eigenvalue weighted by atomic mass is 32.1. The molecular weight excluding hydrogens is 432 g/mol. The smallest absolute Gasteiger partial charge is 0.178 e. The molecule has 2 aromatic heterocycles. The molecule has 0 bridgehead atoms. The van der Waals surface area contributed by atoms with E-state index in [9.17, 15) is 0 Å². The van der Waals surface area contributed by atoms with Crippen molar-refractivity contribution in [3.63, 3.8) is 0 Å². The minimum atomic E-state index is 0.356. The Bertz CT molecular complexity index is 1110. The Morgan fingerprint density at radius 1 is 1.33 bits per heavy atom. The van der Waals surface area contributed by atoms with Crippen molar-refractivity contribution in [2.45, 2.75) is 39.2 Å². The number of rotatable bonds is 7. The van der Waals surface area contributed by atoms with Gasteiger partial charge in [0, 0.05) is 30.8 Å². The Kier molecular flexibility index (Phi) is 7.64. The highest BCUT2D eigenvalue weighted by Crippen LogP contribution is 2.30. The van der Waals surface area contributed by atoms with E-state index in [1.807, 2.05) is 30.5 Å². The number of hydrogen-bond acceptors (Lipinski definition) is 6. The van der Waals surface area contributed by atoms with Crippen molar-refractivity contribution in [2.24, 2.45) is 27.4 Å². The number of aromatic nitrogens is 3. The Morgan fingerprint density at radius 3 is 2.97 bits per heavy atom. The summed E-state index contributed by atoms with van der Waals surface area (Å²) >= 11 is 1.61. The van der Waals surface area contributed by atoms with Crippen LogP contribution < -0.4 is 11.5 Å². The Labute approximate surface area is 198 Å². The third-order valence-corrected chi connectivity index (χ3v) is 7.12. The van der Waals surface area contributed by atoms with Gasteiger partial charge in [-0.3, -0.25) is 4.90 Å². The molecule has 9 heteroatoms. The molecule has 3 aromatic rings. The standard InChI is InChI=1S/C24H32N8S/c1-16(2)23-30-31-24(33-23)18-6-3-7-20(11-18)29-22(28-15-26)21-19(8-9-27-21)14-32-10-4-5-17(12-25)13-32/h3,6-9,11,15-17,27H,4-5,10,12-14,25H2,1-2H3,(H2,26,28,29). The molecular formula is C24H32N8S. The number of piperidine rings is 1. The second kappa shape index (κ2) is 10.8. The molecule has 1 atom stereocenters. The first-order valence-electron chi connectivity index (χ1n) is 11.4. The lowest BCUT2D eigenvalue weighted by atomic mass is 9.98. The number of amidine groups is 1. The van der Waals surface area contributed by atoms with E-state index in [1.165, 1.54) is 19.2 Å². The van der Waals surface area contributed by atoms with E-state index >= 15 is 0 Å². The molecule has 5 N–H and O–H groups in total. The number of aliphatic imine (C=N–C) groups is 2. The average Bonchev–Trinajstić information content (AvgIpc) is 3.49. The maximum absolute atomic E-state index is 5.92. The lowest BCUT2D eigenvalue weighted by Crippen LogP contribution is -2.38. The van der Waals surface area contributed by atoms with Crippen molar-refractivity contribution in [3.05, 3.63) is 52.8 Å². The van der Waals surface area contributed by atoms with Gasteiger partial charge in [0.1, 0.15) is 10.0 Å². The van der Waals surface area contributed by atoms with Gasteiger partial charge in [0.2, 0.25) is 0 Å². The normalized spacial score (nSPS) is 17.9. The van der Waals surface area contributed by atoms with Crippen LogP contribution in [0.1, 0.15) is 48.9 Å². The molecule has 1 aromatic carbocycles. The number of nitrogens with two attached hydrogens (primary N) is 2. The van der Waals surface area contributed by atoms with Crippen molar-refractivity contribution in [2.75, 3.05) is 19.6 Å². The van der Waals surface area contributed by atoms with Gasteiger partial charge in [-0.05, 0) is 55.6 Å². The molecule has 1 fully saturated rings. The number of aromatic amines is 1. The zero-order valence-electron chi connectivity index (χ0n) is 19.2. The highest BCUT2D eigenvalue weighted by molar-refractivity contribution is 7.14. The molecule has 0 spiro atoms. The SMILES string of the molecule is CC(C)c1nnc(-c2cccc(N=C(N=CN)c3[nH]ccc3CN3CCCC(CN)C3)c2)s1. The van der Waals surface area contributed by atoms with Gasteiger partial charge in [0.15, 0.2) is 5.84 Å². The molecule has 8 nitrogen and oxygen atoms in total. The zero-order chi connectivity index (χ0) is 23.2. The Balaban J connectivity index is 1.59. The van der Waals surface area contributed by atoms with Crippen LogP contribution in [0.25, 0.3) is 10.6 Å². The molecule has 1 saturated heterocycles. The lowest BCUT2D eigenvalue weighted by molar-refractivity contribution is 0.171. The number of nitrogens with zero attached hydrogens (tertiary/aromatic N) is 5. The maximum Gasteiger partial charge on any atom is 0.178 e. The molecule has 174 valence electrons. The first-order valence-corrected chi connectivity index (χ1v) is 12.2. The summed E-state index contributed by atoms with van der Waals surface area (Å²) in [7, 11) is 0. The van der Waals surface area contributed by atoms with Crippen LogP contribution >= 0.6 is 11.3 Å². The molecule has 4 rings (SSSR count). The largest absolute Gasteiger partial charge is 0.390 e. The number of likely N-dealkylation sites (tertiary alicyclic amines) is 1. The van der Waals surface area contributed by atoms with Crippen LogP contribution in [0.5, 0.6) is 0 Å². The quantitative estimate of drug-likeness (QED) is 0.362. The van der Waals surface area contributed by atoms with Crippen LogP contribution in [0, 0.1) is 5.92 Å². The highest BCUT2D eigenvalue weighted by Gasteiger charge is 2.21. The molecule has 33 heavy (non-hydrogen) atoms. The van der Waals surface area contributed by atoms with Crippen LogP contribution in [-0.2, 0) is 6.54 Å². The lowest BCUT2D eigenvalue weighted by Gasteiger charge is -2.32. The number of H-pyrrole nitrogens is 1. The summed E-state index contributed by atoms with van der Waals surface area (Å²) in [6.07, 6.45) is 5.61. The predicted octanol–water partition coefficient (Wildman–Crippen LogP) is 3.89. The summed E-state index contributed by atoms with van der Waals surface area (Å²) in [5.74, 6) is 1.48. The minimum absolute atomic E-state index is 0.356. The Morgan fingerprint density at radius 2 is 2.21 bits per heavy atom. The number of benzene rings is 1. The predicted molar refractivity (Wildman–Crippen MR) is 136 cm³/mol. The summed E-state index contributed by atoms with van der Waals surface area (Å²) in [5.41, 5.74) is 15.4. The monoisotopic (exact) mass is 464 g/mol. The van der Waals surface area contributed by atoms with Gasteiger partial charge in [-0.2, -0.15) is 0 Å². The molecule has 1 unspecified atom stereocenters. The first kappa shape index (κ1) is 23.3. The summed E-state index contributed by atoms with van der Waals surface area (Å²) in [6, 6.07) is 10.1. The fraction of sp³-hybridized carbons (Fsp3) is 0.417. The van der Waals surface area contributed by atoms with Crippen molar-refractivity contribution in [3.8, 4) is 10.6 Å². The molecule has 3 heterocycles. The zero-order valence-corrected chi connectivity index (χ0v) is 20.1. The third kappa shape index (κ3) is 5.73. The summed E-state index contributed by atoms with van der Waals surface area (Å²) < 4.78 is 0. The second-order valence-electron chi connectivity index (χ2n) is 8.72. The Hall–Kier alpha value is -2.88. The number of nitrogens with one attached hydrogen (secondary N) is 1. The van der Waals surface area contributed by atoms with Gasteiger partial charge in [-0.1, -0.05) is 37.3 Å². The van der Waals surface area contributed by atoms with Crippen LogP contribution in [0.3, 0.4) is 0 Å². The molecule has 0 aliphatic carbocycles. The molecule has 0 saturated carbocycles. The van der Waals surface area contributed by atoms with E-state index in [1.54, 1.807) is 11.3 Å². The van der Waals surface area contributed by atoms with Crippen LogP contribution in [0.4, 0.5) is 5.69 Å². The van der Waals surface area contributed by atoms with Gasteiger partial charge < -0.3 is 16.5 Å². The van der Waals surface area contributed by atoms with E-state index in [2.05, 4.69) is 45.0 Å². The number of hydrogen-bond donors (Lipinski definition) is 3. The van der Waals surface area contributed by atoms with Crippen molar-refractivity contribution in [1.82, 2.24) is 20.1 Å². The van der Waals surface area contributed by atoms with Crippen molar-refractivity contribution < 1.29 is 0 Å². The summed E-state index contributed by atoms with van der Waals surface area (Å²) in [6.45, 7) is 7.92. The van der Waals surface area contributed by atoms with Crippen LogP contribution in [0.2, 0.25) is 0 Å². The molecule has 1 aliphatic heterocycles. The summed E-state index contributed by atoms with van der Waals surface area (Å²) in [5, 5.41) is 10.6. The van der Waals surface area contributed by atoms with Crippen molar-refractivity contribution in [1.29, 1.82) is 0 Å². The second-order valence-corrected chi connectivity index (χ2v) is 9.73. The van der Waals surface area contributed by atoms with E-state index in [-0.39, 0.29) is 0 Å². The van der Waals surface area contributed by atoms with E-state index in [0.29, 0.717) is 17.7 Å². The fourth-order valence-electron chi connectivity index (χ4n) is 4.10. The van der Waals surface area contributed by atoms with E-state index < -0.39 is 0 Å². The maximum atomic E-state index is 5.92. The van der Waals surface area contributed by atoms with Gasteiger partial charge in [0.25, 0.3) is 0 Å². The van der Waals surface area contributed by atoms with Gasteiger partial charge in [-0.25, -0.2) is 9.98 Å². The fourth-order valence-corrected chi connectivity index (χ4v) is 4.95. The third-order valence-electron chi connectivity index (χ3n) is 5.85. The molecule has 0 amide bonds. The molecule has 0 radical (unpaired) electrons. The van der Waals surface area contributed by atoms with Crippen LogP contribution in [0.15, 0.2) is 46.5 Å². The van der Waals surface area contributed by atoms with E-state index in [0.717, 1.165) is 58.7 Å². The van der Waals surface area contributed by atoms with Crippen LogP contribution in [-0.4, -0.2) is 51.9 Å². The van der Waals surface area contributed by atoms with E-state index in [4.69, 9.17) is 16.5 Å². The van der Waals surface area contributed by atoms with Gasteiger partial charge >= 0.3 is 0 Å². The van der Waals surface area contributed by atoms with Crippen molar-refractivity contribution >= 4 is 29.2 Å². The van der Waals surface area contributed by atoms with Gasteiger partial charge in [0.05, 0.1) is 17.7 Å². The topological polar surface area (TPSA) is 122 Å². The molecule has 1 aliphatic rings.